The van der Waals surface area contributed by atoms with Crippen LogP contribution in [-0.2, 0) is 9.59 Å². The third-order valence-electron chi connectivity index (χ3n) is 6.25. The first-order chi connectivity index (χ1) is 15.9. The van der Waals surface area contributed by atoms with Crippen LogP contribution in [0.4, 0.5) is 11.4 Å². The van der Waals surface area contributed by atoms with E-state index in [4.69, 9.17) is 4.74 Å². The maximum absolute atomic E-state index is 13.5. The maximum atomic E-state index is 13.5. The van der Waals surface area contributed by atoms with Gasteiger partial charge in [-0.3, -0.25) is 29.5 Å². The Labute approximate surface area is 187 Å². The smallest absolute Gasteiger partial charge is 0.269 e. The summed E-state index contributed by atoms with van der Waals surface area (Å²) >= 11 is 0. The van der Waals surface area contributed by atoms with Gasteiger partial charge in [0.2, 0.25) is 11.8 Å². The van der Waals surface area contributed by atoms with Gasteiger partial charge in [0, 0.05) is 23.9 Å². The number of carbonyl (C=O) groups excluding carboxylic acids is 3. The largest absolute Gasteiger partial charge is 0.497 e. The Morgan fingerprint density at radius 1 is 1.03 bits per heavy atom. The second kappa shape index (κ2) is 7.66. The lowest BCUT2D eigenvalue weighted by Crippen LogP contribution is -2.46. The number of ketones is 1. The molecule has 2 aromatic carbocycles. The van der Waals surface area contributed by atoms with E-state index in [1.165, 1.54) is 42.6 Å². The number of non-ortho nitro benzene ring substituents is 1. The van der Waals surface area contributed by atoms with Crippen LogP contribution >= 0.6 is 0 Å². The zero-order valence-corrected chi connectivity index (χ0v) is 17.4. The Hall–Kier alpha value is -4.34. The SMILES string of the molecule is COc1ccc(C(=O)[C@H]2[C@H]3C(=O)N(c4ccc([N+](=O)[O-])cc4)C(=O)[C@H]3C3C=CC=NN32)cc1. The highest BCUT2D eigenvalue weighted by Crippen LogP contribution is 2.46. The molecule has 10 nitrogen and oxygen atoms in total. The molecular weight excluding hydrogens is 428 g/mol. The molecule has 2 aromatic rings. The Kier molecular flexibility index (Phi) is 4.77. The summed E-state index contributed by atoms with van der Waals surface area (Å²) in [6.45, 7) is 0. The first-order valence-corrected chi connectivity index (χ1v) is 10.2. The number of fused-ring (bicyclic) bond motifs is 3. The fourth-order valence-corrected chi connectivity index (χ4v) is 4.74. The molecule has 2 amide bonds. The number of benzene rings is 2. The Morgan fingerprint density at radius 3 is 2.33 bits per heavy atom. The molecule has 2 saturated heterocycles. The summed E-state index contributed by atoms with van der Waals surface area (Å²) in [6, 6.07) is 10.2. The first-order valence-electron chi connectivity index (χ1n) is 10.2. The summed E-state index contributed by atoms with van der Waals surface area (Å²) in [5.41, 5.74) is 0.454. The van der Waals surface area contributed by atoms with Gasteiger partial charge in [0.05, 0.1) is 35.6 Å². The minimum Gasteiger partial charge on any atom is -0.497 e. The Morgan fingerprint density at radius 2 is 1.70 bits per heavy atom. The molecule has 4 atom stereocenters. The van der Waals surface area contributed by atoms with Crippen LogP contribution in [0.2, 0.25) is 0 Å². The number of anilines is 1. The third kappa shape index (κ3) is 3.10. The van der Waals surface area contributed by atoms with Gasteiger partial charge in [0.25, 0.3) is 5.69 Å². The van der Waals surface area contributed by atoms with Crippen molar-refractivity contribution in [2.45, 2.75) is 12.1 Å². The van der Waals surface area contributed by atoms with Crippen molar-refractivity contribution in [1.29, 1.82) is 0 Å². The van der Waals surface area contributed by atoms with Gasteiger partial charge in [-0.1, -0.05) is 6.08 Å². The van der Waals surface area contributed by atoms with Crippen LogP contribution in [0.15, 0.2) is 65.8 Å². The highest BCUT2D eigenvalue weighted by molar-refractivity contribution is 6.24. The lowest BCUT2D eigenvalue weighted by molar-refractivity contribution is -0.384. The lowest BCUT2D eigenvalue weighted by Gasteiger charge is -2.30. The average Bonchev–Trinajstić information content (AvgIpc) is 3.31. The normalized spacial score (nSPS) is 25.2. The zero-order chi connectivity index (χ0) is 23.3. The number of hydrogen-bond donors (Lipinski definition) is 0. The monoisotopic (exact) mass is 446 g/mol. The first kappa shape index (κ1) is 20.6. The number of imide groups is 1. The number of hydrogen-bond acceptors (Lipinski definition) is 8. The summed E-state index contributed by atoms with van der Waals surface area (Å²) in [5, 5.41) is 16.8. The molecule has 0 bridgehead atoms. The van der Waals surface area contributed by atoms with Gasteiger partial charge in [-0.25, -0.2) is 4.90 Å². The van der Waals surface area contributed by atoms with E-state index >= 15 is 0 Å². The summed E-state index contributed by atoms with van der Waals surface area (Å²) in [4.78, 5) is 51.8. The van der Waals surface area contributed by atoms with Gasteiger partial charge >= 0.3 is 0 Å². The van der Waals surface area contributed by atoms with Gasteiger partial charge in [-0.2, -0.15) is 5.10 Å². The fourth-order valence-electron chi connectivity index (χ4n) is 4.74. The lowest BCUT2D eigenvalue weighted by atomic mass is 9.86. The highest BCUT2D eigenvalue weighted by Gasteiger charge is 2.64. The Balaban J connectivity index is 1.53. The van der Waals surface area contributed by atoms with Crippen molar-refractivity contribution in [3.05, 3.63) is 76.4 Å². The van der Waals surface area contributed by atoms with Gasteiger partial charge in [-0.05, 0) is 42.5 Å². The second-order valence-electron chi connectivity index (χ2n) is 7.89. The standard InChI is InChI=1S/C23H18N4O6/c1-33-16-10-4-13(5-11-16)21(28)20-19-18(17-3-2-12-24-26(17)20)22(29)25(23(19)30)14-6-8-15(9-7-14)27(31)32/h2-12,17-20H,1H3/t17?,18-,19-,20+/m0/s1. The van der Waals surface area contributed by atoms with Crippen molar-refractivity contribution < 1.29 is 24.0 Å². The van der Waals surface area contributed by atoms with E-state index in [9.17, 15) is 24.5 Å². The van der Waals surface area contributed by atoms with Crippen LogP contribution in [0.5, 0.6) is 5.75 Å². The molecule has 3 aliphatic rings. The van der Waals surface area contributed by atoms with Crippen LogP contribution in [0.3, 0.4) is 0 Å². The summed E-state index contributed by atoms with van der Waals surface area (Å²) in [6.07, 6.45) is 4.97. The number of amides is 2. The average molecular weight is 446 g/mol. The molecule has 0 aromatic heterocycles. The number of Topliss-reactive ketones (excluding diaryl/α,β-unsaturated/α-hetero) is 1. The minimum absolute atomic E-state index is 0.152. The summed E-state index contributed by atoms with van der Waals surface area (Å²) < 4.78 is 5.15. The van der Waals surface area contributed by atoms with Crippen molar-refractivity contribution >= 4 is 35.2 Å². The van der Waals surface area contributed by atoms with Crippen LogP contribution < -0.4 is 9.64 Å². The van der Waals surface area contributed by atoms with Crippen molar-refractivity contribution in [2.24, 2.45) is 16.9 Å². The molecule has 1 unspecified atom stereocenters. The fraction of sp³-hybridized carbons (Fsp3) is 0.217. The zero-order valence-electron chi connectivity index (χ0n) is 17.4. The Bertz CT molecular complexity index is 1220. The predicted octanol–water partition coefficient (Wildman–Crippen LogP) is 2.20. The number of carbonyl (C=O) groups is 3. The molecule has 33 heavy (non-hydrogen) atoms. The van der Waals surface area contributed by atoms with Gasteiger partial charge in [0.15, 0.2) is 5.78 Å². The van der Waals surface area contributed by atoms with Crippen molar-refractivity contribution in [2.75, 3.05) is 12.0 Å². The van der Waals surface area contributed by atoms with Crippen LogP contribution in [0.25, 0.3) is 0 Å². The molecule has 0 saturated carbocycles. The number of nitrogens with zero attached hydrogens (tertiary/aromatic N) is 4. The van der Waals surface area contributed by atoms with E-state index in [1.807, 2.05) is 0 Å². The molecular formula is C23H18N4O6. The quantitative estimate of drug-likeness (QED) is 0.299. The predicted molar refractivity (Wildman–Crippen MR) is 117 cm³/mol. The topological polar surface area (TPSA) is 122 Å². The molecule has 0 aliphatic carbocycles. The second-order valence-corrected chi connectivity index (χ2v) is 7.89. The van der Waals surface area contributed by atoms with E-state index < -0.39 is 40.7 Å². The van der Waals surface area contributed by atoms with Crippen molar-refractivity contribution in [3.63, 3.8) is 0 Å². The van der Waals surface area contributed by atoms with E-state index in [1.54, 1.807) is 36.4 Å². The van der Waals surface area contributed by atoms with Gasteiger partial charge < -0.3 is 4.74 Å². The van der Waals surface area contributed by atoms with Crippen LogP contribution in [0, 0.1) is 22.0 Å². The minimum atomic E-state index is -0.964. The summed E-state index contributed by atoms with van der Waals surface area (Å²) in [7, 11) is 1.52. The molecule has 2 fully saturated rings. The molecule has 10 heteroatoms. The summed E-state index contributed by atoms with van der Waals surface area (Å²) in [5.74, 6) is -2.46. The highest BCUT2D eigenvalue weighted by atomic mass is 16.6. The number of rotatable bonds is 5. The number of ether oxygens (including phenoxy) is 1. The number of allylic oxidation sites excluding steroid dienone is 1. The van der Waals surface area contributed by atoms with Crippen LogP contribution in [0.1, 0.15) is 10.4 Å². The van der Waals surface area contributed by atoms with Gasteiger partial charge in [-0.15, -0.1) is 0 Å². The number of hydrazone groups is 1. The van der Waals surface area contributed by atoms with Gasteiger partial charge in [0.1, 0.15) is 11.8 Å². The maximum Gasteiger partial charge on any atom is 0.269 e. The molecule has 0 spiro atoms. The third-order valence-corrected chi connectivity index (χ3v) is 6.25. The molecule has 3 aliphatic heterocycles. The number of nitro groups is 1. The molecule has 0 N–H and O–H groups in total. The van der Waals surface area contributed by atoms with E-state index in [-0.39, 0.29) is 17.2 Å². The van der Waals surface area contributed by atoms with E-state index in [0.717, 1.165) is 4.90 Å². The number of nitro benzene ring substituents is 1. The van der Waals surface area contributed by atoms with E-state index in [0.29, 0.717) is 11.3 Å². The molecule has 5 rings (SSSR count). The molecule has 0 radical (unpaired) electrons. The van der Waals surface area contributed by atoms with Crippen molar-refractivity contribution in [3.8, 4) is 5.75 Å². The van der Waals surface area contributed by atoms with Crippen LogP contribution in [-0.4, -0.2) is 52.9 Å². The molecule has 166 valence electrons. The van der Waals surface area contributed by atoms with E-state index in [2.05, 4.69) is 5.10 Å². The van der Waals surface area contributed by atoms with Crippen molar-refractivity contribution in [1.82, 2.24) is 5.01 Å². The number of methoxy groups -OCH3 is 1. The molecule has 3 heterocycles.